The molecule has 1 aromatic rings. The fraction of sp³-hybridized carbons (Fsp3) is 0.538. The summed E-state index contributed by atoms with van der Waals surface area (Å²) in [5, 5.41) is 0. The average Bonchev–Trinajstić information content (AvgIpc) is 2.02. The van der Waals surface area contributed by atoms with Crippen LogP contribution in [0.5, 0.6) is 0 Å². The first-order valence-corrected chi connectivity index (χ1v) is 16.1. The van der Waals surface area contributed by atoms with E-state index in [-0.39, 0.29) is 0 Å². The van der Waals surface area contributed by atoms with Crippen LogP contribution in [0.15, 0.2) is 24.3 Å². The van der Waals surface area contributed by atoms with Gasteiger partial charge in [0.1, 0.15) is 0 Å². The van der Waals surface area contributed by atoms with Crippen molar-refractivity contribution in [1.29, 1.82) is 0 Å². The molecule has 0 aromatic heterocycles. The summed E-state index contributed by atoms with van der Waals surface area (Å²) in [4.78, 5) is 7.47. The first-order chi connectivity index (χ1) is 6.38. The van der Waals surface area contributed by atoms with E-state index in [1.807, 2.05) is 0 Å². The summed E-state index contributed by atoms with van der Waals surface area (Å²) in [6.07, 6.45) is 0. The molecule has 78 valence electrons. The molecule has 0 spiro atoms. The van der Waals surface area contributed by atoms with E-state index >= 15 is 0 Å². The van der Waals surface area contributed by atoms with Crippen LogP contribution in [0.1, 0.15) is 30.9 Å². The summed E-state index contributed by atoms with van der Waals surface area (Å²) >= 11 is -1.62. The molecule has 0 amide bonds. The number of rotatable bonds is 3. The molecular formula is C13H22Sn. The van der Waals surface area contributed by atoms with E-state index in [9.17, 15) is 0 Å². The van der Waals surface area contributed by atoms with Crippen molar-refractivity contribution in [2.45, 2.75) is 39.0 Å². The number of hydrogen-bond acceptors (Lipinski definition) is 0. The van der Waals surface area contributed by atoms with E-state index < -0.39 is 18.4 Å². The van der Waals surface area contributed by atoms with Gasteiger partial charge in [0.15, 0.2) is 0 Å². The van der Waals surface area contributed by atoms with Gasteiger partial charge in [0.05, 0.1) is 0 Å². The van der Waals surface area contributed by atoms with Crippen molar-refractivity contribution >= 4 is 18.4 Å². The van der Waals surface area contributed by atoms with E-state index in [0.717, 1.165) is 0 Å². The summed E-state index contributed by atoms with van der Waals surface area (Å²) in [5.41, 5.74) is 3.00. The van der Waals surface area contributed by atoms with Crippen molar-refractivity contribution < 1.29 is 0 Å². The minimum absolute atomic E-state index is 0.655. The van der Waals surface area contributed by atoms with Gasteiger partial charge in [-0.2, -0.15) is 0 Å². The van der Waals surface area contributed by atoms with Crippen LogP contribution in [0.3, 0.4) is 0 Å². The van der Waals surface area contributed by atoms with Gasteiger partial charge in [0.2, 0.25) is 0 Å². The molecule has 0 saturated heterocycles. The Labute approximate surface area is 92.6 Å². The second kappa shape index (κ2) is 4.69. The van der Waals surface area contributed by atoms with E-state index in [0.29, 0.717) is 5.92 Å². The van der Waals surface area contributed by atoms with Gasteiger partial charge in [0, 0.05) is 0 Å². The molecule has 0 atom stereocenters. The van der Waals surface area contributed by atoms with Crippen LogP contribution in [-0.4, -0.2) is 18.4 Å². The standard InChI is InChI=1S/C10H13.3CH3.Sn/c1-8(2)10-6-4-9(3)5-7-10;;;;/h4-8H,3H2,1-2H3;3*1H3;. The van der Waals surface area contributed by atoms with Gasteiger partial charge in [-0.15, -0.1) is 0 Å². The van der Waals surface area contributed by atoms with Crippen LogP contribution in [0.2, 0.25) is 14.8 Å². The average molecular weight is 297 g/mol. The Bertz CT molecular complexity index is 277. The zero-order valence-electron chi connectivity index (χ0n) is 10.1. The van der Waals surface area contributed by atoms with E-state index in [1.165, 1.54) is 15.6 Å². The summed E-state index contributed by atoms with van der Waals surface area (Å²) in [7, 11) is 0. The molecular weight excluding hydrogens is 275 g/mol. The van der Waals surface area contributed by atoms with E-state index in [4.69, 9.17) is 0 Å². The summed E-state index contributed by atoms with van der Waals surface area (Å²) in [5.74, 6) is 0.655. The van der Waals surface area contributed by atoms with Crippen molar-refractivity contribution in [2.24, 2.45) is 0 Å². The van der Waals surface area contributed by atoms with Crippen molar-refractivity contribution in [3.8, 4) is 0 Å². The quantitative estimate of drug-likeness (QED) is 0.732. The molecule has 0 N–H and O–H groups in total. The van der Waals surface area contributed by atoms with Gasteiger partial charge >= 0.3 is 92.8 Å². The molecule has 0 saturated carbocycles. The molecule has 14 heavy (non-hydrogen) atoms. The van der Waals surface area contributed by atoms with E-state index in [1.54, 1.807) is 0 Å². The maximum atomic E-state index is 2.49. The first-order valence-electron chi connectivity index (χ1n) is 5.47. The number of hydrogen-bond donors (Lipinski definition) is 0. The molecule has 0 radical (unpaired) electrons. The van der Waals surface area contributed by atoms with Crippen molar-refractivity contribution in [2.75, 3.05) is 0 Å². The molecule has 1 aromatic carbocycles. The zero-order chi connectivity index (χ0) is 10.8. The molecule has 0 heterocycles. The predicted molar refractivity (Wildman–Crippen MR) is 67.6 cm³/mol. The Kier molecular flexibility index (Phi) is 4.05. The van der Waals surface area contributed by atoms with Crippen LogP contribution in [0, 0.1) is 0 Å². The maximum absolute atomic E-state index is 2.49. The third kappa shape index (κ3) is 4.03. The fourth-order valence-corrected chi connectivity index (χ4v) is 5.80. The van der Waals surface area contributed by atoms with Crippen molar-refractivity contribution in [3.63, 3.8) is 0 Å². The van der Waals surface area contributed by atoms with Crippen LogP contribution in [-0.2, 0) is 4.44 Å². The molecule has 0 aliphatic carbocycles. The SMILES string of the molecule is CC(C)c1ccc([CH2][Sn]([CH3])([CH3])[CH3])cc1. The van der Waals surface area contributed by atoms with Gasteiger partial charge in [0.25, 0.3) is 0 Å². The van der Waals surface area contributed by atoms with E-state index in [2.05, 4.69) is 52.9 Å². The van der Waals surface area contributed by atoms with Crippen molar-refractivity contribution in [3.05, 3.63) is 35.4 Å². The fourth-order valence-electron chi connectivity index (χ4n) is 1.63. The normalized spacial score (nSPS) is 12.1. The van der Waals surface area contributed by atoms with Gasteiger partial charge in [-0.3, -0.25) is 0 Å². The predicted octanol–water partition coefficient (Wildman–Crippen LogP) is 4.23. The van der Waals surface area contributed by atoms with Gasteiger partial charge in [-0.1, -0.05) is 0 Å². The molecule has 0 nitrogen and oxygen atoms in total. The van der Waals surface area contributed by atoms with Crippen LogP contribution >= 0.6 is 0 Å². The Morgan fingerprint density at radius 1 is 1.00 bits per heavy atom. The Balaban J connectivity index is 2.74. The molecule has 0 aliphatic rings. The van der Waals surface area contributed by atoms with Crippen LogP contribution < -0.4 is 0 Å². The monoisotopic (exact) mass is 298 g/mol. The minimum atomic E-state index is -1.62. The van der Waals surface area contributed by atoms with Crippen molar-refractivity contribution in [1.82, 2.24) is 0 Å². The molecule has 0 fully saturated rings. The molecule has 0 bridgehead atoms. The second-order valence-electron chi connectivity index (χ2n) is 5.63. The summed E-state index contributed by atoms with van der Waals surface area (Å²) in [6, 6.07) is 9.21. The molecule has 1 heteroatoms. The Morgan fingerprint density at radius 3 is 1.86 bits per heavy atom. The Morgan fingerprint density at radius 2 is 1.50 bits per heavy atom. The molecule has 0 unspecified atom stereocenters. The second-order valence-corrected chi connectivity index (χ2v) is 21.3. The topological polar surface area (TPSA) is 0 Å². The summed E-state index contributed by atoms with van der Waals surface area (Å²) < 4.78 is 1.37. The van der Waals surface area contributed by atoms with Gasteiger partial charge in [-0.25, -0.2) is 0 Å². The molecule has 0 aliphatic heterocycles. The summed E-state index contributed by atoms with van der Waals surface area (Å²) in [6.45, 7) is 4.50. The van der Waals surface area contributed by atoms with Crippen LogP contribution in [0.25, 0.3) is 0 Å². The third-order valence-electron chi connectivity index (χ3n) is 2.38. The molecule has 1 rings (SSSR count). The third-order valence-corrected chi connectivity index (χ3v) is 6.57. The Hall–Kier alpha value is 0.0187. The van der Waals surface area contributed by atoms with Crippen LogP contribution in [0.4, 0.5) is 0 Å². The zero-order valence-corrected chi connectivity index (χ0v) is 12.9. The van der Waals surface area contributed by atoms with Gasteiger partial charge in [-0.05, 0) is 0 Å². The van der Waals surface area contributed by atoms with Gasteiger partial charge < -0.3 is 0 Å². The number of benzene rings is 1. The first kappa shape index (κ1) is 12.1.